The molecule has 1 atom stereocenters. The van der Waals surface area contributed by atoms with Crippen LogP contribution in [0.2, 0.25) is 0 Å². The van der Waals surface area contributed by atoms with Gasteiger partial charge in [0.1, 0.15) is 6.04 Å². The largest absolute Gasteiger partial charge is 0.450 e. The number of nitrogens with two attached hydrogens (primary N) is 1. The molecular weight excluding hydrogens is 398 g/mol. The smallest absolute Gasteiger partial charge is 0.409 e. The van der Waals surface area contributed by atoms with Gasteiger partial charge in [-0.05, 0) is 31.9 Å². The first-order valence-electron chi connectivity index (χ1n) is 9.33. The Morgan fingerprint density at radius 2 is 1.92 bits per heavy atom. The molecule has 2 rings (SSSR count). The number of nitrogens with one attached hydrogen (secondary N) is 1. The Hall–Kier alpha value is -1.60. The quantitative estimate of drug-likeness (QED) is 0.701. The summed E-state index contributed by atoms with van der Waals surface area (Å²) in [5.74, 6) is 0.0511. The zero-order chi connectivity index (χ0) is 18.9. The molecule has 26 heavy (non-hydrogen) atoms. The number of likely N-dealkylation sites (tertiary alicyclic amines) is 1. The van der Waals surface area contributed by atoms with E-state index in [4.69, 9.17) is 4.74 Å². The maximum Gasteiger partial charge on any atom is 0.409 e. The maximum absolute atomic E-state index is 12.3. The van der Waals surface area contributed by atoms with Crippen molar-refractivity contribution in [3.63, 3.8) is 0 Å². The number of piperidine rings is 1. The second-order valence-electron chi connectivity index (χ2n) is 6.53. The Kier molecular flexibility index (Phi) is 8.38. The number of ether oxygens (including phenoxy) is 1. The van der Waals surface area contributed by atoms with Gasteiger partial charge in [-0.25, -0.2) is 4.79 Å². The minimum Gasteiger partial charge on any atom is -0.450 e. The van der Waals surface area contributed by atoms with Gasteiger partial charge in [0.05, 0.1) is 6.61 Å². The van der Waals surface area contributed by atoms with Crippen LogP contribution in [0.5, 0.6) is 0 Å². The van der Waals surface area contributed by atoms with Crippen LogP contribution in [0.15, 0.2) is 28.7 Å². The molecule has 0 bridgehead atoms. The minimum absolute atomic E-state index is 0.0511. The zero-order valence-corrected chi connectivity index (χ0v) is 17.1. The minimum atomic E-state index is -0.258. The summed E-state index contributed by atoms with van der Waals surface area (Å²) in [6, 6.07) is 8.66. The van der Waals surface area contributed by atoms with Crippen LogP contribution in [-0.2, 0) is 9.53 Å². The number of amides is 2. The monoisotopic (exact) mass is 426 g/mol. The number of hydrogen-bond donors (Lipinski definition) is 2. The second-order valence-corrected chi connectivity index (χ2v) is 7.45. The summed E-state index contributed by atoms with van der Waals surface area (Å²) in [5, 5.41) is 5.18. The summed E-state index contributed by atoms with van der Waals surface area (Å²) in [6.45, 7) is 5.99. The van der Waals surface area contributed by atoms with Gasteiger partial charge in [-0.3, -0.25) is 4.79 Å². The fraction of sp³-hybridized carbons (Fsp3) is 0.579. The number of carbonyl (C=O) groups is 2. The molecule has 2 amide bonds. The van der Waals surface area contributed by atoms with Crippen LogP contribution >= 0.6 is 15.9 Å². The van der Waals surface area contributed by atoms with E-state index >= 15 is 0 Å². The predicted molar refractivity (Wildman–Crippen MR) is 104 cm³/mol. The fourth-order valence-corrected chi connectivity index (χ4v) is 3.47. The molecule has 1 aliphatic rings. The van der Waals surface area contributed by atoms with E-state index in [1.54, 1.807) is 11.8 Å². The van der Waals surface area contributed by atoms with Gasteiger partial charge in [-0.15, -0.1) is 0 Å². The molecule has 3 N–H and O–H groups in total. The Bertz CT molecular complexity index is 586. The summed E-state index contributed by atoms with van der Waals surface area (Å²) >= 11 is 3.45. The molecule has 144 valence electrons. The van der Waals surface area contributed by atoms with Gasteiger partial charge in [0.25, 0.3) is 5.91 Å². The lowest BCUT2D eigenvalue weighted by Crippen LogP contribution is -2.87. The van der Waals surface area contributed by atoms with E-state index in [1.807, 2.05) is 12.1 Å². The highest BCUT2D eigenvalue weighted by Crippen LogP contribution is 2.16. The summed E-state index contributed by atoms with van der Waals surface area (Å²) < 4.78 is 6.07. The zero-order valence-electron chi connectivity index (χ0n) is 15.5. The Balaban J connectivity index is 1.73. The molecule has 1 aliphatic heterocycles. The van der Waals surface area contributed by atoms with Crippen molar-refractivity contribution >= 4 is 27.9 Å². The number of rotatable bonds is 7. The van der Waals surface area contributed by atoms with E-state index in [9.17, 15) is 9.59 Å². The number of benzene rings is 1. The van der Waals surface area contributed by atoms with Crippen LogP contribution in [-0.4, -0.2) is 49.2 Å². The van der Waals surface area contributed by atoms with Crippen LogP contribution in [0.1, 0.15) is 44.7 Å². The lowest BCUT2D eigenvalue weighted by molar-refractivity contribution is -0.686. The third kappa shape index (κ3) is 6.29. The van der Waals surface area contributed by atoms with Gasteiger partial charge in [0.2, 0.25) is 0 Å². The molecule has 1 aromatic carbocycles. The van der Waals surface area contributed by atoms with Crippen LogP contribution in [0.4, 0.5) is 4.79 Å². The molecule has 0 spiro atoms. The molecule has 0 aromatic heterocycles. The van der Waals surface area contributed by atoms with Gasteiger partial charge in [-0.2, -0.15) is 0 Å². The first kappa shape index (κ1) is 20.7. The van der Waals surface area contributed by atoms with Gasteiger partial charge in [-0.1, -0.05) is 35.0 Å². The van der Waals surface area contributed by atoms with Crippen LogP contribution in [0, 0.1) is 0 Å². The Morgan fingerprint density at radius 1 is 1.27 bits per heavy atom. The fourth-order valence-electron chi connectivity index (χ4n) is 3.21. The summed E-state index contributed by atoms with van der Waals surface area (Å²) in [4.78, 5) is 25.7. The highest BCUT2D eigenvalue weighted by molar-refractivity contribution is 9.10. The number of carbonyl (C=O) groups excluding carboxylic acids is 2. The predicted octanol–water partition coefficient (Wildman–Crippen LogP) is 2.20. The summed E-state index contributed by atoms with van der Waals surface area (Å²) in [5.41, 5.74) is 1.23. The topological polar surface area (TPSA) is 75.2 Å². The van der Waals surface area contributed by atoms with Gasteiger partial charge in [0.15, 0.2) is 6.54 Å². The van der Waals surface area contributed by atoms with Crippen molar-refractivity contribution in [3.05, 3.63) is 34.3 Å². The van der Waals surface area contributed by atoms with Crippen LogP contribution in [0.25, 0.3) is 0 Å². The highest BCUT2D eigenvalue weighted by atomic mass is 79.9. The van der Waals surface area contributed by atoms with Crippen molar-refractivity contribution in [3.8, 4) is 0 Å². The van der Waals surface area contributed by atoms with E-state index < -0.39 is 0 Å². The van der Waals surface area contributed by atoms with Gasteiger partial charge in [0, 0.05) is 35.6 Å². The average Bonchev–Trinajstić information content (AvgIpc) is 2.64. The molecule has 0 aliphatic carbocycles. The lowest BCUT2D eigenvalue weighted by atomic mass is 10.0. The second kappa shape index (κ2) is 10.5. The first-order chi connectivity index (χ1) is 12.5. The Morgan fingerprint density at radius 3 is 2.50 bits per heavy atom. The number of quaternary nitrogens is 1. The van der Waals surface area contributed by atoms with E-state index in [-0.39, 0.29) is 24.1 Å². The van der Waals surface area contributed by atoms with Crippen molar-refractivity contribution in [2.45, 2.75) is 45.2 Å². The van der Waals surface area contributed by atoms with Crippen LogP contribution in [0.3, 0.4) is 0 Å². The molecule has 0 unspecified atom stereocenters. The summed E-state index contributed by atoms with van der Waals surface area (Å²) in [6.07, 6.45) is 2.25. The van der Waals surface area contributed by atoms with E-state index in [1.165, 1.54) is 5.56 Å². The van der Waals surface area contributed by atoms with Crippen molar-refractivity contribution in [2.75, 3.05) is 26.2 Å². The SMILES string of the molecule is CCOC(=O)N1CCC(NC(=O)C[NH2+][C@@H](CC)c2ccc(Br)cc2)CC1. The van der Waals surface area contributed by atoms with Crippen molar-refractivity contribution in [1.82, 2.24) is 10.2 Å². The normalized spacial score (nSPS) is 16.2. The maximum atomic E-state index is 12.3. The van der Waals surface area contributed by atoms with E-state index in [0.717, 1.165) is 23.7 Å². The van der Waals surface area contributed by atoms with Gasteiger partial charge >= 0.3 is 6.09 Å². The lowest BCUT2D eigenvalue weighted by Gasteiger charge is -2.31. The molecule has 7 heteroatoms. The van der Waals surface area contributed by atoms with E-state index in [0.29, 0.717) is 26.2 Å². The number of halogens is 1. The number of nitrogens with zero attached hydrogens (tertiary/aromatic N) is 1. The standard InChI is InChI=1S/C19H28BrN3O3/c1-3-17(14-5-7-15(20)8-6-14)21-13-18(24)22-16-9-11-23(12-10-16)19(25)26-4-2/h5-8,16-17,21H,3-4,9-13H2,1-2H3,(H,22,24)/p+1/t17-/m0/s1. The molecule has 1 aromatic rings. The first-order valence-corrected chi connectivity index (χ1v) is 10.1. The van der Waals surface area contributed by atoms with Gasteiger partial charge < -0.3 is 20.3 Å². The molecule has 6 nitrogen and oxygen atoms in total. The molecule has 1 fully saturated rings. The van der Waals surface area contributed by atoms with Crippen molar-refractivity contribution in [2.24, 2.45) is 0 Å². The molecule has 1 saturated heterocycles. The highest BCUT2D eigenvalue weighted by Gasteiger charge is 2.25. The summed E-state index contributed by atoms with van der Waals surface area (Å²) in [7, 11) is 0. The average molecular weight is 427 g/mol. The molecule has 0 saturated carbocycles. The Labute approximate surface area is 163 Å². The third-order valence-electron chi connectivity index (χ3n) is 4.71. The molecule has 1 heterocycles. The third-order valence-corrected chi connectivity index (χ3v) is 5.24. The van der Waals surface area contributed by atoms with E-state index in [2.05, 4.69) is 45.6 Å². The number of hydrogen-bond acceptors (Lipinski definition) is 3. The van der Waals surface area contributed by atoms with Crippen molar-refractivity contribution in [1.29, 1.82) is 0 Å². The molecule has 0 radical (unpaired) electrons. The molecular formula is C19H29BrN3O3+. The van der Waals surface area contributed by atoms with Crippen LogP contribution < -0.4 is 10.6 Å². The van der Waals surface area contributed by atoms with Crippen molar-refractivity contribution < 1.29 is 19.6 Å².